The largest absolute Gasteiger partial charge is 0.356 e. The van der Waals surface area contributed by atoms with E-state index in [0.717, 1.165) is 24.5 Å². The smallest absolute Gasteiger partial charge is 0.238 e. The number of nitrogens with two attached hydrogens (primary N) is 1. The minimum Gasteiger partial charge on any atom is -0.356 e. The second-order valence-electron chi connectivity index (χ2n) is 6.63. The maximum absolute atomic E-state index is 11.3. The minimum absolute atomic E-state index is 0.127. The van der Waals surface area contributed by atoms with E-state index in [1.807, 2.05) is 0 Å². The monoisotopic (exact) mass is 388 g/mol. The van der Waals surface area contributed by atoms with E-state index in [4.69, 9.17) is 5.14 Å². The first-order valence-corrected chi connectivity index (χ1v) is 10.5. The standard InChI is InChI=1S/C20H28N4O2S/c1-15-4-8-18(9-5-15)16(2)14-24-20(22-3)23-13-12-17-6-10-19(11-7-17)27(21,25)26/h4-11,16H,12-14H2,1-3H3,(H2,21,25,26)(H2,22,23,24). The van der Waals surface area contributed by atoms with Crippen molar-refractivity contribution in [3.8, 4) is 0 Å². The first-order valence-electron chi connectivity index (χ1n) is 8.92. The number of sulfonamides is 1. The van der Waals surface area contributed by atoms with Gasteiger partial charge in [-0.3, -0.25) is 4.99 Å². The van der Waals surface area contributed by atoms with Crippen LogP contribution in [0.1, 0.15) is 29.5 Å². The van der Waals surface area contributed by atoms with Gasteiger partial charge in [0, 0.05) is 20.1 Å². The molecule has 0 bridgehead atoms. The zero-order valence-corrected chi connectivity index (χ0v) is 16.9. The number of hydrogen-bond acceptors (Lipinski definition) is 3. The Kier molecular flexibility index (Phi) is 7.38. The first kappa shape index (κ1) is 20.9. The first-order chi connectivity index (χ1) is 12.8. The van der Waals surface area contributed by atoms with Gasteiger partial charge >= 0.3 is 0 Å². The maximum atomic E-state index is 11.3. The van der Waals surface area contributed by atoms with Crippen LogP contribution in [-0.2, 0) is 16.4 Å². The number of nitrogens with one attached hydrogen (secondary N) is 2. The molecular formula is C20H28N4O2S. The lowest BCUT2D eigenvalue weighted by atomic mass is 10.0. The van der Waals surface area contributed by atoms with Crippen LogP contribution in [0.15, 0.2) is 58.4 Å². The van der Waals surface area contributed by atoms with Gasteiger partial charge in [-0.05, 0) is 42.5 Å². The molecule has 0 aliphatic heterocycles. The van der Waals surface area contributed by atoms with Crippen LogP contribution in [0.4, 0.5) is 0 Å². The zero-order chi connectivity index (χ0) is 19.9. The molecule has 0 radical (unpaired) electrons. The van der Waals surface area contributed by atoms with Crippen molar-refractivity contribution in [3.05, 3.63) is 65.2 Å². The Morgan fingerprint density at radius 3 is 2.26 bits per heavy atom. The second-order valence-corrected chi connectivity index (χ2v) is 8.19. The van der Waals surface area contributed by atoms with Crippen molar-refractivity contribution < 1.29 is 8.42 Å². The highest BCUT2D eigenvalue weighted by Gasteiger charge is 2.08. The van der Waals surface area contributed by atoms with E-state index < -0.39 is 10.0 Å². The van der Waals surface area contributed by atoms with Crippen molar-refractivity contribution in [1.29, 1.82) is 0 Å². The SMILES string of the molecule is CN=C(NCCc1ccc(S(N)(=O)=O)cc1)NCC(C)c1ccc(C)cc1. The Morgan fingerprint density at radius 2 is 1.70 bits per heavy atom. The van der Waals surface area contributed by atoms with E-state index in [0.29, 0.717) is 12.5 Å². The fourth-order valence-electron chi connectivity index (χ4n) is 2.65. The number of aryl methyl sites for hydroxylation is 1. The lowest BCUT2D eigenvalue weighted by molar-refractivity contribution is 0.598. The Balaban J connectivity index is 1.79. The molecule has 0 saturated heterocycles. The Morgan fingerprint density at radius 1 is 1.07 bits per heavy atom. The van der Waals surface area contributed by atoms with Crippen LogP contribution in [0, 0.1) is 6.92 Å². The molecule has 6 nitrogen and oxygen atoms in total. The van der Waals surface area contributed by atoms with Crippen molar-refractivity contribution in [2.24, 2.45) is 10.1 Å². The van der Waals surface area contributed by atoms with Gasteiger partial charge in [-0.2, -0.15) is 0 Å². The molecule has 0 heterocycles. The molecule has 2 rings (SSSR count). The van der Waals surface area contributed by atoms with E-state index in [-0.39, 0.29) is 4.90 Å². The van der Waals surface area contributed by atoms with Gasteiger partial charge in [0.2, 0.25) is 10.0 Å². The van der Waals surface area contributed by atoms with Crippen LogP contribution >= 0.6 is 0 Å². The number of benzene rings is 2. The van der Waals surface area contributed by atoms with Gasteiger partial charge in [0.1, 0.15) is 0 Å². The number of nitrogens with zero attached hydrogens (tertiary/aromatic N) is 1. The summed E-state index contributed by atoms with van der Waals surface area (Å²) in [5, 5.41) is 11.7. The number of aliphatic imine (C=N–C) groups is 1. The maximum Gasteiger partial charge on any atom is 0.238 e. The summed E-state index contributed by atoms with van der Waals surface area (Å²) in [6.45, 7) is 5.73. The highest BCUT2D eigenvalue weighted by atomic mass is 32.2. The molecule has 2 aromatic rings. The average Bonchev–Trinajstić information content (AvgIpc) is 2.64. The summed E-state index contributed by atoms with van der Waals surface area (Å²) < 4.78 is 22.5. The molecule has 0 aliphatic carbocycles. The van der Waals surface area contributed by atoms with Crippen LogP contribution in [0.3, 0.4) is 0 Å². The van der Waals surface area contributed by atoms with E-state index in [2.05, 4.69) is 53.7 Å². The van der Waals surface area contributed by atoms with Crippen LogP contribution in [-0.4, -0.2) is 34.5 Å². The lowest BCUT2D eigenvalue weighted by Gasteiger charge is -2.16. The van der Waals surface area contributed by atoms with Crippen molar-refractivity contribution in [3.63, 3.8) is 0 Å². The molecule has 0 aromatic heterocycles. The van der Waals surface area contributed by atoms with Crippen molar-refractivity contribution >= 4 is 16.0 Å². The second kappa shape index (κ2) is 9.53. The van der Waals surface area contributed by atoms with Gasteiger partial charge in [-0.25, -0.2) is 13.6 Å². The van der Waals surface area contributed by atoms with Crippen LogP contribution in [0.2, 0.25) is 0 Å². The third kappa shape index (κ3) is 6.69. The van der Waals surface area contributed by atoms with Crippen LogP contribution < -0.4 is 15.8 Å². The molecule has 0 spiro atoms. The molecule has 0 fully saturated rings. The highest BCUT2D eigenvalue weighted by molar-refractivity contribution is 7.89. The molecule has 27 heavy (non-hydrogen) atoms. The number of primary sulfonamides is 1. The third-order valence-electron chi connectivity index (χ3n) is 4.40. The molecule has 7 heteroatoms. The van der Waals surface area contributed by atoms with Gasteiger partial charge in [-0.15, -0.1) is 0 Å². The summed E-state index contributed by atoms with van der Waals surface area (Å²) in [5.41, 5.74) is 3.57. The molecule has 4 N–H and O–H groups in total. The quantitative estimate of drug-likeness (QED) is 0.500. The number of rotatable bonds is 7. The van der Waals surface area contributed by atoms with Gasteiger partial charge in [0.05, 0.1) is 4.90 Å². The number of guanidine groups is 1. The molecule has 1 unspecified atom stereocenters. The topological polar surface area (TPSA) is 96.6 Å². The predicted octanol–water partition coefficient (Wildman–Crippen LogP) is 2.15. The molecule has 2 aromatic carbocycles. The van der Waals surface area contributed by atoms with Crippen molar-refractivity contribution in [2.45, 2.75) is 31.1 Å². The normalized spacial score (nSPS) is 13.3. The van der Waals surface area contributed by atoms with Gasteiger partial charge in [0.25, 0.3) is 0 Å². The molecule has 0 amide bonds. The molecule has 0 aliphatic rings. The molecule has 0 saturated carbocycles. The minimum atomic E-state index is -3.64. The Bertz CT molecular complexity index is 860. The summed E-state index contributed by atoms with van der Waals surface area (Å²) in [5.74, 6) is 1.12. The number of hydrogen-bond donors (Lipinski definition) is 3. The zero-order valence-electron chi connectivity index (χ0n) is 16.1. The summed E-state index contributed by atoms with van der Waals surface area (Å²) in [6.07, 6.45) is 0.749. The fraction of sp³-hybridized carbons (Fsp3) is 0.350. The van der Waals surface area contributed by atoms with Crippen molar-refractivity contribution in [2.75, 3.05) is 20.1 Å². The summed E-state index contributed by atoms with van der Waals surface area (Å²) in [4.78, 5) is 4.37. The molecular weight excluding hydrogens is 360 g/mol. The Labute approximate surface area is 162 Å². The van der Waals surface area contributed by atoms with Gasteiger partial charge < -0.3 is 10.6 Å². The van der Waals surface area contributed by atoms with Crippen LogP contribution in [0.25, 0.3) is 0 Å². The summed E-state index contributed by atoms with van der Waals surface area (Å²) in [7, 11) is -1.90. The van der Waals surface area contributed by atoms with Gasteiger partial charge in [-0.1, -0.05) is 48.9 Å². The van der Waals surface area contributed by atoms with Crippen LogP contribution in [0.5, 0.6) is 0 Å². The fourth-order valence-corrected chi connectivity index (χ4v) is 3.17. The van der Waals surface area contributed by atoms with E-state index in [1.165, 1.54) is 23.3 Å². The van der Waals surface area contributed by atoms with Gasteiger partial charge in [0.15, 0.2) is 5.96 Å². The third-order valence-corrected chi connectivity index (χ3v) is 5.33. The van der Waals surface area contributed by atoms with E-state index in [9.17, 15) is 8.42 Å². The Hall–Kier alpha value is -2.38. The summed E-state index contributed by atoms with van der Waals surface area (Å²) in [6, 6.07) is 15.2. The highest BCUT2D eigenvalue weighted by Crippen LogP contribution is 2.14. The lowest BCUT2D eigenvalue weighted by Crippen LogP contribution is -2.39. The molecule has 146 valence electrons. The average molecular weight is 389 g/mol. The van der Waals surface area contributed by atoms with E-state index >= 15 is 0 Å². The predicted molar refractivity (Wildman–Crippen MR) is 110 cm³/mol. The van der Waals surface area contributed by atoms with Crippen molar-refractivity contribution in [1.82, 2.24) is 10.6 Å². The van der Waals surface area contributed by atoms with E-state index in [1.54, 1.807) is 19.2 Å². The molecule has 1 atom stereocenters. The summed E-state index contributed by atoms with van der Waals surface area (Å²) >= 11 is 0.